The number of nitrogens with zero attached hydrogens (tertiary/aromatic N) is 2. The van der Waals surface area contributed by atoms with Crippen LogP contribution in [0.15, 0.2) is 54.9 Å². The second kappa shape index (κ2) is 8.61. The fraction of sp³-hybridized carbons (Fsp3) is 0.182. The average molecular weight is 477 g/mol. The summed E-state index contributed by atoms with van der Waals surface area (Å²) in [6, 6.07) is 8.39. The van der Waals surface area contributed by atoms with E-state index in [1.807, 2.05) is 0 Å². The van der Waals surface area contributed by atoms with Crippen LogP contribution >= 0.6 is 0 Å². The Morgan fingerprint density at radius 3 is 2.59 bits per heavy atom. The van der Waals surface area contributed by atoms with Crippen LogP contribution in [0.3, 0.4) is 0 Å². The first-order chi connectivity index (χ1) is 16.1. The van der Waals surface area contributed by atoms with Crippen LogP contribution in [0.2, 0.25) is 0 Å². The number of aromatic carboxylic acids is 1. The summed E-state index contributed by atoms with van der Waals surface area (Å²) in [5.74, 6) is -4.01. The number of hydrogen-bond acceptors (Lipinski definition) is 6. The lowest BCUT2D eigenvalue weighted by Crippen LogP contribution is -2.50. The molecule has 0 bridgehead atoms. The van der Waals surface area contributed by atoms with E-state index in [1.54, 1.807) is 12.1 Å². The van der Waals surface area contributed by atoms with Crippen LogP contribution in [0.5, 0.6) is 11.5 Å². The number of benzene rings is 1. The zero-order valence-corrected chi connectivity index (χ0v) is 17.1. The zero-order chi connectivity index (χ0) is 24.5. The number of carbonyl (C=O) groups excluding carboxylic acids is 1. The highest BCUT2D eigenvalue weighted by atomic mass is 19.4. The van der Waals surface area contributed by atoms with Crippen molar-refractivity contribution in [3.8, 4) is 11.5 Å². The van der Waals surface area contributed by atoms with Crippen molar-refractivity contribution in [1.82, 2.24) is 15.3 Å². The molecule has 1 atom stereocenters. The molecule has 176 valence electrons. The van der Waals surface area contributed by atoms with E-state index in [1.165, 1.54) is 24.4 Å². The highest BCUT2D eigenvalue weighted by Gasteiger charge is 2.43. The number of alkyl halides is 3. The molecule has 1 aromatic carbocycles. The largest absolute Gasteiger partial charge is 0.573 e. The highest BCUT2D eigenvalue weighted by Crippen LogP contribution is 2.42. The van der Waals surface area contributed by atoms with Crippen molar-refractivity contribution in [2.75, 3.05) is 6.61 Å². The van der Waals surface area contributed by atoms with Crippen LogP contribution in [0.25, 0.3) is 0 Å². The number of halogens is 4. The fourth-order valence-corrected chi connectivity index (χ4v) is 3.62. The van der Waals surface area contributed by atoms with Gasteiger partial charge < -0.3 is 19.9 Å². The predicted octanol–water partition coefficient (Wildman–Crippen LogP) is 3.67. The number of nitrogens with one attached hydrogen (secondary N) is 1. The molecular weight excluding hydrogens is 462 g/mol. The molecular formula is C22H15F4N3O5. The number of pyridine rings is 2. The van der Waals surface area contributed by atoms with Crippen LogP contribution in [-0.2, 0) is 5.54 Å². The van der Waals surface area contributed by atoms with E-state index in [9.17, 15) is 27.2 Å². The maximum atomic E-state index is 14.6. The maximum absolute atomic E-state index is 14.6. The minimum Gasteiger partial charge on any atom is -0.491 e. The molecule has 1 aliphatic heterocycles. The van der Waals surface area contributed by atoms with Crippen LogP contribution in [0, 0.1) is 5.82 Å². The molecule has 2 N–H and O–H groups in total. The Hall–Kier alpha value is -4.22. The summed E-state index contributed by atoms with van der Waals surface area (Å²) in [6.45, 7) is 0.0762. The van der Waals surface area contributed by atoms with Crippen molar-refractivity contribution in [1.29, 1.82) is 0 Å². The lowest BCUT2D eigenvalue weighted by Gasteiger charge is -2.39. The van der Waals surface area contributed by atoms with Crippen LogP contribution in [0.4, 0.5) is 17.6 Å². The predicted molar refractivity (Wildman–Crippen MR) is 107 cm³/mol. The normalized spacial score (nSPS) is 17.3. The summed E-state index contributed by atoms with van der Waals surface area (Å²) in [7, 11) is 0. The van der Waals surface area contributed by atoms with Gasteiger partial charge in [0.15, 0.2) is 11.6 Å². The van der Waals surface area contributed by atoms with Crippen LogP contribution in [0.1, 0.15) is 38.5 Å². The summed E-state index contributed by atoms with van der Waals surface area (Å²) in [4.78, 5) is 32.2. The first-order valence-electron chi connectivity index (χ1n) is 9.75. The van der Waals surface area contributed by atoms with Crippen molar-refractivity contribution in [2.24, 2.45) is 0 Å². The minimum atomic E-state index is -5.09. The van der Waals surface area contributed by atoms with Gasteiger partial charge in [-0.15, -0.1) is 13.2 Å². The molecule has 34 heavy (non-hydrogen) atoms. The van der Waals surface area contributed by atoms with Gasteiger partial charge in [0.05, 0.1) is 12.2 Å². The first kappa shape index (κ1) is 23.0. The van der Waals surface area contributed by atoms with Crippen LogP contribution in [-0.4, -0.2) is 39.9 Å². The smallest absolute Gasteiger partial charge is 0.491 e. The molecule has 0 spiro atoms. The summed E-state index contributed by atoms with van der Waals surface area (Å²) in [6.07, 6.45) is -2.60. The highest BCUT2D eigenvalue weighted by molar-refractivity contribution is 5.94. The standard InChI is InChI=1S/C22H15F4N3O5/c23-14-10-13(4-6-16(14)34-22(24,25)26)21(7-9-33-17-2-1-8-27-18(17)21)29-19(30)15-5-3-12(11-28-15)20(31)32/h1-6,8,10-11H,7,9H2,(H,29,30)(H,31,32). The van der Waals surface area contributed by atoms with Gasteiger partial charge in [-0.05, 0) is 42.0 Å². The molecule has 0 fully saturated rings. The molecule has 1 amide bonds. The van der Waals surface area contributed by atoms with Gasteiger partial charge in [-0.1, -0.05) is 6.07 Å². The number of hydrogen-bond donors (Lipinski definition) is 2. The lowest BCUT2D eigenvalue weighted by atomic mass is 9.81. The van der Waals surface area contributed by atoms with Gasteiger partial charge in [-0.3, -0.25) is 14.8 Å². The molecule has 1 unspecified atom stereocenters. The Kier molecular flexibility index (Phi) is 5.82. The molecule has 0 radical (unpaired) electrons. The third kappa shape index (κ3) is 4.47. The van der Waals surface area contributed by atoms with E-state index < -0.39 is 35.3 Å². The number of aromatic nitrogens is 2. The Morgan fingerprint density at radius 2 is 1.94 bits per heavy atom. The number of amides is 1. The van der Waals surface area contributed by atoms with E-state index >= 15 is 0 Å². The number of rotatable bonds is 5. The summed E-state index contributed by atoms with van der Waals surface area (Å²) >= 11 is 0. The minimum absolute atomic E-state index is 0.0644. The third-order valence-electron chi connectivity index (χ3n) is 5.13. The van der Waals surface area contributed by atoms with Gasteiger partial charge >= 0.3 is 12.3 Å². The Labute approximate surface area is 189 Å². The molecule has 3 heterocycles. The third-order valence-corrected chi connectivity index (χ3v) is 5.13. The van der Waals surface area contributed by atoms with Gasteiger partial charge in [0.25, 0.3) is 5.91 Å². The zero-order valence-electron chi connectivity index (χ0n) is 17.1. The van der Waals surface area contributed by atoms with Crippen LogP contribution < -0.4 is 14.8 Å². The summed E-state index contributed by atoms with van der Waals surface area (Å²) in [5, 5.41) is 11.8. The van der Waals surface area contributed by atoms with Crippen molar-refractivity contribution >= 4 is 11.9 Å². The van der Waals surface area contributed by atoms with Gasteiger partial charge in [-0.25, -0.2) is 9.18 Å². The number of carbonyl (C=O) groups is 2. The van der Waals surface area contributed by atoms with Crippen molar-refractivity contribution < 1.29 is 41.7 Å². The molecule has 8 nitrogen and oxygen atoms in total. The second-order valence-electron chi connectivity index (χ2n) is 7.24. The van der Waals surface area contributed by atoms with Gasteiger partial charge in [-0.2, -0.15) is 0 Å². The van der Waals surface area contributed by atoms with Crippen molar-refractivity contribution in [3.05, 3.63) is 83.2 Å². The SMILES string of the molecule is O=C(O)c1ccc(C(=O)NC2(c3ccc(OC(F)(F)F)c(F)c3)CCOc3cccnc32)nc1. The number of carboxylic acids is 1. The Bertz CT molecular complexity index is 1250. The van der Waals surface area contributed by atoms with Gasteiger partial charge in [0.1, 0.15) is 22.7 Å². The molecule has 4 rings (SSSR count). The number of carboxylic acid groups (broad SMARTS) is 1. The van der Waals surface area contributed by atoms with Gasteiger partial charge in [0, 0.05) is 18.8 Å². The van der Waals surface area contributed by atoms with E-state index in [0.717, 1.165) is 18.3 Å². The quantitative estimate of drug-likeness (QED) is 0.540. The molecule has 0 saturated heterocycles. The van der Waals surface area contributed by atoms with Crippen molar-refractivity contribution in [3.63, 3.8) is 0 Å². The van der Waals surface area contributed by atoms with E-state index in [-0.39, 0.29) is 35.5 Å². The molecule has 0 saturated carbocycles. The lowest BCUT2D eigenvalue weighted by molar-refractivity contribution is -0.275. The Balaban J connectivity index is 1.78. The number of fused-ring (bicyclic) bond motifs is 1. The van der Waals surface area contributed by atoms with E-state index in [2.05, 4.69) is 20.0 Å². The molecule has 0 aliphatic carbocycles. The first-order valence-corrected chi connectivity index (χ1v) is 9.75. The van der Waals surface area contributed by atoms with Crippen molar-refractivity contribution in [2.45, 2.75) is 18.3 Å². The maximum Gasteiger partial charge on any atom is 0.573 e. The summed E-state index contributed by atoms with van der Waals surface area (Å²) < 4.78 is 61.6. The molecule has 12 heteroatoms. The molecule has 3 aromatic rings. The Morgan fingerprint density at radius 1 is 1.15 bits per heavy atom. The topological polar surface area (TPSA) is 111 Å². The second-order valence-corrected chi connectivity index (χ2v) is 7.24. The molecule has 1 aliphatic rings. The van der Waals surface area contributed by atoms with E-state index in [0.29, 0.717) is 5.75 Å². The molecule has 2 aromatic heterocycles. The summed E-state index contributed by atoms with van der Waals surface area (Å²) in [5.41, 5.74) is -1.45. The fourth-order valence-electron chi connectivity index (χ4n) is 3.62. The average Bonchev–Trinajstić information content (AvgIpc) is 2.79. The monoisotopic (exact) mass is 477 g/mol. The van der Waals surface area contributed by atoms with Gasteiger partial charge in [0.2, 0.25) is 0 Å². The van der Waals surface area contributed by atoms with E-state index in [4.69, 9.17) is 9.84 Å². The number of ether oxygens (including phenoxy) is 2.